The molecule has 0 bridgehead atoms. The van der Waals surface area contributed by atoms with Crippen LogP contribution in [0.2, 0.25) is 0 Å². The molecule has 0 saturated carbocycles. The summed E-state index contributed by atoms with van der Waals surface area (Å²) in [6.45, 7) is -0.690. The maximum atomic E-state index is 13.5. The molecular weight excluding hydrogens is 475 g/mol. The zero-order valence-corrected chi connectivity index (χ0v) is 18.9. The number of furan rings is 1. The maximum Gasteiger partial charge on any atom is 0.487 e. The van der Waals surface area contributed by atoms with Crippen LogP contribution >= 0.6 is 0 Å². The van der Waals surface area contributed by atoms with Crippen molar-refractivity contribution >= 4 is 34.2 Å². The first-order valence-corrected chi connectivity index (χ1v) is 11.0. The van der Waals surface area contributed by atoms with Crippen LogP contribution in [0.1, 0.15) is 27.3 Å². The number of anilines is 2. The number of benzene rings is 3. The van der Waals surface area contributed by atoms with E-state index in [9.17, 15) is 22.8 Å². The number of fused-ring (bicyclic) bond motifs is 1. The number of nitrogen functional groups attached to an aromatic ring is 1. The van der Waals surface area contributed by atoms with E-state index < -0.39 is 18.8 Å². The molecule has 0 unspecified atom stereocenters. The van der Waals surface area contributed by atoms with Crippen molar-refractivity contribution in [2.24, 2.45) is 0 Å². The molecule has 0 aliphatic rings. The highest BCUT2D eigenvalue weighted by Crippen LogP contribution is 2.27. The second-order valence-corrected chi connectivity index (χ2v) is 7.84. The van der Waals surface area contributed by atoms with Gasteiger partial charge in [0.1, 0.15) is 11.3 Å². The lowest BCUT2D eigenvalue weighted by atomic mass is 10.2. The van der Waals surface area contributed by atoms with Gasteiger partial charge in [0.2, 0.25) is 0 Å². The maximum absolute atomic E-state index is 13.5. The Balaban J connectivity index is 1.31. The first-order valence-electron chi connectivity index (χ1n) is 11.0. The van der Waals surface area contributed by atoms with E-state index in [1.54, 1.807) is 48.5 Å². The minimum atomic E-state index is -4.88. The molecule has 10 heteroatoms. The van der Waals surface area contributed by atoms with Crippen LogP contribution in [0.4, 0.5) is 24.5 Å². The third kappa shape index (κ3) is 5.77. The second-order valence-electron chi connectivity index (χ2n) is 7.84. The number of hydrogen-bond donors (Lipinski definition) is 2. The molecule has 1 heterocycles. The zero-order chi connectivity index (χ0) is 25.7. The number of carbonyl (C=O) groups is 2. The Bertz CT molecular complexity index is 1330. The summed E-state index contributed by atoms with van der Waals surface area (Å²) < 4.78 is 51.4. The van der Waals surface area contributed by atoms with Gasteiger partial charge in [0.15, 0.2) is 5.76 Å². The van der Waals surface area contributed by atoms with Gasteiger partial charge in [-0.1, -0.05) is 30.3 Å². The number of alkyl halides is 3. The Kier molecular flexibility index (Phi) is 7.14. The number of nitrogens with zero attached hydrogens (tertiary/aromatic N) is 1. The Hall–Kier alpha value is -4.47. The molecule has 2 amide bonds. The van der Waals surface area contributed by atoms with Gasteiger partial charge in [0.25, 0.3) is 11.8 Å². The molecule has 0 aliphatic heterocycles. The van der Waals surface area contributed by atoms with E-state index in [2.05, 4.69) is 5.32 Å². The summed E-state index contributed by atoms with van der Waals surface area (Å²) in [6.07, 6.45) is -4.96. The van der Waals surface area contributed by atoms with Crippen molar-refractivity contribution in [1.82, 2.24) is 4.90 Å². The molecule has 7 nitrogen and oxygen atoms in total. The number of carbonyl (C=O) groups excluding carboxylic acids is 2. The number of nitrogens with one attached hydrogen (secondary N) is 1. The minimum Gasteiger partial charge on any atom is -0.494 e. The van der Waals surface area contributed by atoms with Gasteiger partial charge in [-0.3, -0.25) is 9.59 Å². The monoisotopic (exact) mass is 497 g/mol. The van der Waals surface area contributed by atoms with Gasteiger partial charge in [0.05, 0.1) is 18.0 Å². The van der Waals surface area contributed by atoms with Gasteiger partial charge >= 0.3 is 6.30 Å². The molecule has 0 saturated heterocycles. The molecule has 4 rings (SSSR count). The summed E-state index contributed by atoms with van der Waals surface area (Å²) in [7, 11) is 0. The van der Waals surface area contributed by atoms with Crippen molar-refractivity contribution in [3.8, 4) is 5.75 Å². The lowest BCUT2D eigenvalue weighted by Crippen LogP contribution is -2.43. The van der Waals surface area contributed by atoms with Crippen LogP contribution < -0.4 is 15.8 Å². The predicted molar refractivity (Wildman–Crippen MR) is 129 cm³/mol. The molecular formula is C26H22F3N3O4. The predicted octanol–water partition coefficient (Wildman–Crippen LogP) is 5.70. The summed E-state index contributed by atoms with van der Waals surface area (Å²) in [5, 5.41) is 3.24. The fourth-order valence-electron chi connectivity index (χ4n) is 3.48. The molecule has 1 aromatic heterocycles. The molecule has 0 aliphatic carbocycles. The van der Waals surface area contributed by atoms with Crippen LogP contribution in [0.25, 0.3) is 11.0 Å². The van der Waals surface area contributed by atoms with E-state index in [4.69, 9.17) is 14.9 Å². The lowest BCUT2D eigenvalue weighted by molar-refractivity contribution is -0.225. The smallest absolute Gasteiger partial charge is 0.487 e. The normalized spacial score (nSPS) is 11.3. The van der Waals surface area contributed by atoms with Gasteiger partial charge < -0.3 is 20.2 Å². The topological polar surface area (TPSA) is 97.8 Å². The van der Waals surface area contributed by atoms with Crippen LogP contribution in [0, 0.1) is 0 Å². The van der Waals surface area contributed by atoms with Gasteiger partial charge in [-0.05, 0) is 55.0 Å². The summed E-state index contributed by atoms with van der Waals surface area (Å²) in [5.74, 6) is -1.66. The fraction of sp³-hybridized carbons (Fsp3) is 0.154. The number of para-hydroxylation sites is 3. The Labute approximate surface area is 204 Å². The number of hydrogen-bond acceptors (Lipinski definition) is 5. The first-order chi connectivity index (χ1) is 17.2. The average Bonchev–Trinajstić information content (AvgIpc) is 3.29. The largest absolute Gasteiger partial charge is 0.494 e. The van der Waals surface area contributed by atoms with Gasteiger partial charge in [-0.15, -0.1) is 13.2 Å². The minimum absolute atomic E-state index is 0.0773. The lowest BCUT2D eigenvalue weighted by Gasteiger charge is -2.24. The van der Waals surface area contributed by atoms with Crippen molar-refractivity contribution < 1.29 is 31.9 Å². The summed E-state index contributed by atoms with van der Waals surface area (Å²) >= 11 is 0. The molecule has 3 aromatic carbocycles. The summed E-state index contributed by atoms with van der Waals surface area (Å²) in [6, 6.07) is 20.8. The summed E-state index contributed by atoms with van der Waals surface area (Å²) in [5.41, 5.74) is 7.41. The number of nitrogens with two attached hydrogens (primary N) is 1. The van der Waals surface area contributed by atoms with Crippen molar-refractivity contribution in [2.45, 2.75) is 12.7 Å². The molecule has 3 N–H and O–H groups in total. The van der Waals surface area contributed by atoms with E-state index in [-0.39, 0.29) is 29.6 Å². The van der Waals surface area contributed by atoms with Crippen molar-refractivity contribution in [3.63, 3.8) is 0 Å². The molecule has 0 fully saturated rings. The van der Waals surface area contributed by atoms with E-state index in [1.165, 1.54) is 30.3 Å². The van der Waals surface area contributed by atoms with E-state index >= 15 is 0 Å². The van der Waals surface area contributed by atoms with Gasteiger partial charge in [-0.2, -0.15) is 0 Å². The van der Waals surface area contributed by atoms with Crippen molar-refractivity contribution in [1.29, 1.82) is 0 Å². The molecule has 4 aromatic rings. The SMILES string of the molecule is Nc1ccccc1NC(=O)c1ccc(OCCCN(C(=O)c2cc3ccccc3o2)C(F)(F)F)cc1. The van der Waals surface area contributed by atoms with Crippen molar-refractivity contribution in [2.75, 3.05) is 24.2 Å². The quantitative estimate of drug-likeness (QED) is 0.185. The van der Waals surface area contributed by atoms with Gasteiger partial charge in [0, 0.05) is 17.5 Å². The van der Waals surface area contributed by atoms with Crippen LogP contribution in [-0.4, -0.2) is 36.2 Å². The van der Waals surface area contributed by atoms with Crippen LogP contribution in [-0.2, 0) is 0 Å². The van der Waals surface area contributed by atoms with E-state index in [1.807, 2.05) is 0 Å². The van der Waals surface area contributed by atoms with Crippen LogP contribution in [0.15, 0.2) is 83.3 Å². The molecule has 186 valence electrons. The van der Waals surface area contributed by atoms with E-state index in [0.29, 0.717) is 33.7 Å². The highest BCUT2D eigenvalue weighted by Gasteiger charge is 2.42. The standard InChI is InChI=1S/C26H22F3N3O4/c27-26(28,29)32(25(34)23-16-18-6-1-4-9-22(18)36-23)14-5-15-35-19-12-10-17(11-13-19)24(33)31-21-8-3-2-7-20(21)30/h1-4,6-13,16H,5,14-15,30H2,(H,31,33). The average molecular weight is 497 g/mol. The Morgan fingerprint density at radius 3 is 2.36 bits per heavy atom. The molecule has 0 spiro atoms. The molecule has 0 atom stereocenters. The molecule has 36 heavy (non-hydrogen) atoms. The number of ether oxygens (including phenoxy) is 1. The summed E-state index contributed by atoms with van der Waals surface area (Å²) in [4.78, 5) is 24.7. The highest BCUT2D eigenvalue weighted by atomic mass is 19.4. The third-order valence-corrected chi connectivity index (χ3v) is 5.31. The third-order valence-electron chi connectivity index (χ3n) is 5.31. The van der Waals surface area contributed by atoms with E-state index in [0.717, 1.165) is 0 Å². The number of rotatable bonds is 8. The second kappa shape index (κ2) is 10.4. The zero-order valence-electron chi connectivity index (χ0n) is 18.9. The van der Waals surface area contributed by atoms with Crippen LogP contribution in [0.3, 0.4) is 0 Å². The number of amides is 2. The highest BCUT2D eigenvalue weighted by molar-refractivity contribution is 6.05. The van der Waals surface area contributed by atoms with Crippen LogP contribution in [0.5, 0.6) is 5.75 Å². The first kappa shape index (κ1) is 24.6. The molecule has 0 radical (unpaired) electrons. The fourth-order valence-corrected chi connectivity index (χ4v) is 3.48. The Morgan fingerprint density at radius 2 is 1.67 bits per heavy atom. The number of halogens is 3. The van der Waals surface area contributed by atoms with Gasteiger partial charge in [-0.25, -0.2) is 4.90 Å². The van der Waals surface area contributed by atoms with Crippen molar-refractivity contribution in [3.05, 3.63) is 90.2 Å². The Morgan fingerprint density at radius 1 is 0.972 bits per heavy atom.